The van der Waals surface area contributed by atoms with Gasteiger partial charge in [-0.3, -0.25) is 5.10 Å². The number of hydrogen-bond donors (Lipinski definition) is 1. The summed E-state index contributed by atoms with van der Waals surface area (Å²) >= 11 is 5.90. The van der Waals surface area contributed by atoms with E-state index in [0.29, 0.717) is 41.9 Å². The van der Waals surface area contributed by atoms with Gasteiger partial charge in [0.1, 0.15) is 23.0 Å². The summed E-state index contributed by atoms with van der Waals surface area (Å²) < 4.78 is 20.6. The zero-order valence-corrected chi connectivity index (χ0v) is 22.0. The molecule has 6 rings (SSSR count). The Morgan fingerprint density at radius 3 is 2.76 bits per heavy atom. The number of benzene rings is 1. The van der Waals surface area contributed by atoms with E-state index in [9.17, 15) is 9.30 Å². The van der Waals surface area contributed by atoms with E-state index in [1.165, 1.54) is 12.5 Å². The predicted molar refractivity (Wildman–Crippen MR) is 140 cm³/mol. The Hall–Kier alpha value is -3.27. The monoisotopic (exact) mass is 540 g/mol. The maximum Gasteiger partial charge on any atom is 0.253 e. The van der Waals surface area contributed by atoms with Crippen LogP contribution in [0.1, 0.15) is 42.5 Å². The van der Waals surface area contributed by atoms with Crippen LogP contribution >= 0.6 is 11.6 Å². The fraction of sp³-hybridized carbons (Fsp3) is 0.519. The van der Waals surface area contributed by atoms with Gasteiger partial charge < -0.3 is 9.64 Å². The van der Waals surface area contributed by atoms with Crippen molar-refractivity contribution in [3.63, 3.8) is 0 Å². The van der Waals surface area contributed by atoms with Gasteiger partial charge in [0, 0.05) is 36.8 Å². The Balaban J connectivity index is 0.921. The number of nitroso groups, excluding NO2 is 1. The molecular weight excluding hydrogens is 509 g/mol. The van der Waals surface area contributed by atoms with Crippen molar-refractivity contribution in [2.45, 2.75) is 45.2 Å². The van der Waals surface area contributed by atoms with Crippen molar-refractivity contribution in [2.24, 2.45) is 17.8 Å². The van der Waals surface area contributed by atoms with Crippen molar-refractivity contribution in [3.8, 4) is 5.75 Å². The van der Waals surface area contributed by atoms with Crippen molar-refractivity contribution in [2.75, 3.05) is 31.1 Å². The number of nitrogens with zero attached hydrogens (tertiary/aromatic N) is 6. The summed E-state index contributed by atoms with van der Waals surface area (Å²) in [6, 6.07) is 4.81. The number of nitrogens with one attached hydrogen (secondary N) is 1. The highest BCUT2D eigenvalue weighted by Gasteiger charge is 2.43. The molecule has 200 valence electrons. The summed E-state index contributed by atoms with van der Waals surface area (Å²) in [5.74, 6) is 3.02. The van der Waals surface area contributed by atoms with Crippen LogP contribution in [-0.4, -0.2) is 56.3 Å². The average Bonchev–Trinajstić information content (AvgIpc) is 3.55. The van der Waals surface area contributed by atoms with Crippen LogP contribution in [0.5, 0.6) is 5.75 Å². The molecule has 1 aliphatic carbocycles. The fourth-order valence-electron chi connectivity index (χ4n) is 5.89. The van der Waals surface area contributed by atoms with Gasteiger partial charge in [0.2, 0.25) is 5.95 Å². The van der Waals surface area contributed by atoms with Crippen molar-refractivity contribution in [1.29, 1.82) is 0 Å². The summed E-state index contributed by atoms with van der Waals surface area (Å²) in [5, 5.41) is 9.23. The Labute approximate surface area is 225 Å². The van der Waals surface area contributed by atoms with E-state index in [4.69, 9.17) is 16.3 Å². The minimum Gasteiger partial charge on any atom is -0.493 e. The summed E-state index contributed by atoms with van der Waals surface area (Å²) in [7, 11) is 0. The number of halogens is 2. The third kappa shape index (κ3) is 5.60. The van der Waals surface area contributed by atoms with E-state index in [-0.39, 0.29) is 6.54 Å². The standard InChI is InChI=1S/C27H32ClFN7O2/c28-22-14-30-27(31-15-22)34-7-3-18(4-8-34)24-11-19(24)6-10-38-23-2-1-20(25(29)12-23)17-36(37)35-9-5-26-21(16-35)13-32-33-26/h1-2,12-15,18-19,24H,3-11,16-17H2,(H,32,33)/q+1. The largest absolute Gasteiger partial charge is 0.493 e. The normalized spacial score (nSPS) is 21.3. The lowest BCUT2D eigenvalue weighted by Gasteiger charge is -2.32. The third-order valence-electron chi connectivity index (χ3n) is 8.20. The Kier molecular flexibility index (Phi) is 7.14. The highest BCUT2D eigenvalue weighted by molar-refractivity contribution is 6.30. The lowest BCUT2D eigenvalue weighted by atomic mass is 9.90. The van der Waals surface area contributed by atoms with Gasteiger partial charge in [-0.2, -0.15) is 5.10 Å². The lowest BCUT2D eigenvalue weighted by Crippen LogP contribution is -2.37. The van der Waals surface area contributed by atoms with Crippen LogP contribution in [0, 0.1) is 28.5 Å². The topological polar surface area (TPSA) is 90.2 Å². The van der Waals surface area contributed by atoms with E-state index < -0.39 is 5.82 Å². The maximum atomic E-state index is 14.7. The second kappa shape index (κ2) is 10.8. The lowest BCUT2D eigenvalue weighted by molar-refractivity contribution is -0.725. The van der Waals surface area contributed by atoms with Gasteiger partial charge in [-0.1, -0.05) is 11.6 Å². The van der Waals surface area contributed by atoms with Crippen LogP contribution in [-0.2, 0) is 19.5 Å². The van der Waals surface area contributed by atoms with Crippen LogP contribution in [0.2, 0.25) is 5.02 Å². The molecule has 9 nitrogen and oxygen atoms in total. The molecule has 3 aliphatic rings. The molecular formula is C27H32ClFN7O2+. The number of hydrazine groups is 1. The molecule has 0 bridgehead atoms. The first-order valence-electron chi connectivity index (χ1n) is 13.4. The summed E-state index contributed by atoms with van der Waals surface area (Å²) in [5.41, 5.74) is 2.44. The molecule has 0 amide bonds. The minimum absolute atomic E-state index is 0.0357. The van der Waals surface area contributed by atoms with Crippen LogP contribution in [0.4, 0.5) is 10.3 Å². The highest BCUT2D eigenvalue weighted by Crippen LogP contribution is 2.49. The van der Waals surface area contributed by atoms with E-state index in [0.717, 1.165) is 72.7 Å². The summed E-state index contributed by atoms with van der Waals surface area (Å²) in [6.45, 7) is 3.55. The van der Waals surface area contributed by atoms with Crippen LogP contribution in [0.3, 0.4) is 0 Å². The molecule has 1 aromatic carbocycles. The molecule has 1 saturated carbocycles. The molecule has 2 atom stereocenters. The van der Waals surface area contributed by atoms with E-state index in [1.54, 1.807) is 35.7 Å². The first kappa shape index (κ1) is 25.0. The van der Waals surface area contributed by atoms with Gasteiger partial charge in [-0.15, -0.1) is 5.01 Å². The molecule has 0 spiro atoms. The second-order valence-electron chi connectivity index (χ2n) is 10.6. The van der Waals surface area contributed by atoms with E-state index in [1.807, 2.05) is 0 Å². The number of piperidine rings is 1. The molecule has 38 heavy (non-hydrogen) atoms. The molecule has 1 N–H and O–H groups in total. The van der Waals surface area contributed by atoms with Crippen LogP contribution in [0.25, 0.3) is 0 Å². The number of ether oxygens (including phenoxy) is 1. The highest BCUT2D eigenvalue weighted by atomic mass is 35.5. The molecule has 1 saturated heterocycles. The minimum atomic E-state index is -0.412. The van der Waals surface area contributed by atoms with Crippen molar-refractivity contribution in [3.05, 3.63) is 69.4 Å². The Morgan fingerprint density at radius 1 is 1.16 bits per heavy atom. The number of anilines is 1. The van der Waals surface area contributed by atoms with Crippen molar-refractivity contribution in [1.82, 2.24) is 25.2 Å². The summed E-state index contributed by atoms with van der Waals surface area (Å²) in [6.07, 6.45) is 10.3. The van der Waals surface area contributed by atoms with Crippen molar-refractivity contribution >= 4 is 17.5 Å². The van der Waals surface area contributed by atoms with Crippen molar-refractivity contribution < 1.29 is 14.0 Å². The van der Waals surface area contributed by atoms with Gasteiger partial charge >= 0.3 is 0 Å². The number of rotatable bonds is 9. The number of fused-ring (bicyclic) bond motifs is 1. The second-order valence-corrected chi connectivity index (χ2v) is 11.0. The molecule has 11 heteroatoms. The van der Waals surface area contributed by atoms with Crippen LogP contribution < -0.4 is 9.64 Å². The molecule has 2 fully saturated rings. The average molecular weight is 541 g/mol. The smallest absolute Gasteiger partial charge is 0.253 e. The van der Waals surface area contributed by atoms with Gasteiger partial charge in [0.15, 0.2) is 0 Å². The molecule has 2 unspecified atom stereocenters. The van der Waals surface area contributed by atoms with Gasteiger partial charge in [-0.25, -0.2) is 14.4 Å². The Bertz CT molecular complexity index is 1280. The maximum absolute atomic E-state index is 14.7. The molecule has 3 aromatic rings. The number of aromatic nitrogens is 4. The zero-order valence-electron chi connectivity index (χ0n) is 21.2. The SMILES string of the molecule is O=[N+](Cc1ccc(OCCC2CC2C2CCN(c3ncc(Cl)cn3)CC2)cc1F)N1CCc2[nH]ncc2C1. The molecule has 4 heterocycles. The first-order valence-corrected chi connectivity index (χ1v) is 13.8. The summed E-state index contributed by atoms with van der Waals surface area (Å²) in [4.78, 5) is 24.4. The van der Waals surface area contributed by atoms with Crippen LogP contribution in [0.15, 0.2) is 36.8 Å². The third-order valence-corrected chi connectivity index (χ3v) is 8.39. The van der Waals surface area contributed by atoms with Gasteiger partial charge in [-0.05, 0) is 55.6 Å². The van der Waals surface area contributed by atoms with Gasteiger partial charge in [0.05, 0.1) is 47.2 Å². The van der Waals surface area contributed by atoms with Gasteiger partial charge in [0.25, 0.3) is 6.54 Å². The quantitative estimate of drug-likeness (QED) is 0.398. The predicted octanol–water partition coefficient (Wildman–Crippen LogP) is 4.57. The molecule has 2 aromatic heterocycles. The zero-order chi connectivity index (χ0) is 26.1. The number of aromatic amines is 1. The van der Waals surface area contributed by atoms with E-state index in [2.05, 4.69) is 25.1 Å². The number of H-pyrrole nitrogens is 1. The molecule has 2 aliphatic heterocycles. The fourth-order valence-corrected chi connectivity index (χ4v) is 5.99. The first-order chi connectivity index (χ1) is 18.5. The molecule has 0 radical (unpaired) electrons. The number of hydrogen-bond acceptors (Lipinski definition) is 6. The van der Waals surface area contributed by atoms with E-state index >= 15 is 0 Å². The Morgan fingerprint density at radius 2 is 1.97 bits per heavy atom.